The number of nitrogens with zero attached hydrogens (tertiary/aromatic N) is 2. The van der Waals surface area contributed by atoms with Gasteiger partial charge < -0.3 is 0 Å². The van der Waals surface area contributed by atoms with E-state index in [0.717, 1.165) is 32.5 Å². The molecule has 10 heteroatoms. The minimum absolute atomic E-state index is 0.0796. The van der Waals surface area contributed by atoms with Crippen molar-refractivity contribution in [1.29, 1.82) is 0 Å². The van der Waals surface area contributed by atoms with Crippen molar-refractivity contribution in [3.63, 3.8) is 0 Å². The van der Waals surface area contributed by atoms with Gasteiger partial charge in [0, 0.05) is 15.9 Å². The van der Waals surface area contributed by atoms with Crippen LogP contribution in [0.5, 0.6) is 0 Å². The number of alkyl halides is 1. The zero-order valence-electron chi connectivity index (χ0n) is 17.2. The van der Waals surface area contributed by atoms with Crippen LogP contribution < -0.4 is 10.4 Å². The Morgan fingerprint density at radius 2 is 1.90 bits per heavy atom. The van der Waals surface area contributed by atoms with E-state index in [9.17, 15) is 13.2 Å². The molecule has 0 aliphatic carbocycles. The van der Waals surface area contributed by atoms with Crippen LogP contribution in [-0.2, 0) is 15.4 Å². The molecule has 0 atom stereocenters. The van der Waals surface area contributed by atoms with Gasteiger partial charge in [0.1, 0.15) is 5.69 Å². The van der Waals surface area contributed by atoms with E-state index in [2.05, 4.69) is 39.5 Å². The van der Waals surface area contributed by atoms with Crippen molar-refractivity contribution in [2.45, 2.75) is 48.6 Å². The van der Waals surface area contributed by atoms with Gasteiger partial charge in [-0.3, -0.25) is 9.29 Å². The van der Waals surface area contributed by atoms with Gasteiger partial charge >= 0.3 is 5.69 Å². The van der Waals surface area contributed by atoms with Gasteiger partial charge in [-0.15, -0.1) is 23.1 Å². The second-order valence-corrected chi connectivity index (χ2v) is 12.2. The Hall–Kier alpha value is -1.36. The fourth-order valence-corrected chi connectivity index (χ4v) is 6.96. The Labute approximate surface area is 193 Å². The molecule has 30 heavy (non-hydrogen) atoms. The zero-order chi connectivity index (χ0) is 22.1. The number of rotatable bonds is 8. The van der Waals surface area contributed by atoms with Crippen molar-refractivity contribution >= 4 is 54.9 Å². The molecule has 2 heterocycles. The molecule has 0 fully saturated rings. The summed E-state index contributed by atoms with van der Waals surface area (Å²) >= 11 is 6.55. The van der Waals surface area contributed by atoms with Crippen molar-refractivity contribution in [2.24, 2.45) is 5.92 Å². The smallest absolute Gasteiger partial charge is 0.261 e. The topological polar surface area (TPSA) is 81.1 Å². The highest BCUT2D eigenvalue weighted by molar-refractivity contribution is 9.08. The van der Waals surface area contributed by atoms with Gasteiger partial charge in [0.25, 0.3) is 10.0 Å². The molecule has 162 valence electrons. The van der Waals surface area contributed by atoms with Crippen LogP contribution in [0.15, 0.2) is 38.2 Å². The first kappa shape index (κ1) is 23.3. The number of benzene rings is 1. The average molecular weight is 531 g/mol. The van der Waals surface area contributed by atoms with Gasteiger partial charge in [0.15, 0.2) is 5.82 Å². The monoisotopic (exact) mass is 529 g/mol. The zero-order valence-corrected chi connectivity index (χ0v) is 21.3. The lowest BCUT2D eigenvalue weighted by molar-refractivity contribution is 0.601. The Balaban J connectivity index is 2.04. The first-order valence-electron chi connectivity index (χ1n) is 9.47. The third-order valence-electron chi connectivity index (χ3n) is 4.68. The molecule has 0 spiro atoms. The second-order valence-electron chi connectivity index (χ2n) is 7.37. The maximum atomic E-state index is 12.9. The summed E-state index contributed by atoms with van der Waals surface area (Å²) in [5, 5.41) is 0.642. The predicted octanol–water partition coefficient (Wildman–Crippen LogP) is 5.18. The SMILES string of the molecule is Cc1sc(SCCC(C)C)c2c(NS(=O)(=O)c3ccc(CBr)cc3)nc(=O)n-2c1C. The number of anilines is 1. The lowest BCUT2D eigenvalue weighted by Crippen LogP contribution is -2.17. The van der Waals surface area contributed by atoms with Crippen LogP contribution in [0, 0.1) is 19.8 Å². The van der Waals surface area contributed by atoms with E-state index >= 15 is 0 Å². The van der Waals surface area contributed by atoms with E-state index < -0.39 is 15.7 Å². The number of imidazole rings is 1. The summed E-state index contributed by atoms with van der Waals surface area (Å²) in [6.07, 6.45) is 1.02. The minimum atomic E-state index is -3.87. The highest BCUT2D eigenvalue weighted by Crippen LogP contribution is 2.39. The molecule has 0 saturated carbocycles. The largest absolute Gasteiger partial charge is 0.354 e. The molecular weight excluding hydrogens is 506 g/mol. The number of aromatic nitrogens is 2. The average Bonchev–Trinajstić information content (AvgIpc) is 3.01. The molecule has 0 unspecified atom stereocenters. The summed E-state index contributed by atoms with van der Waals surface area (Å²) in [6.45, 7) is 8.13. The molecule has 0 saturated heterocycles. The molecule has 2 aliphatic heterocycles. The standard InChI is InChI=1S/C20H24BrN3O3S3/c1-12(2)9-10-28-19-17-18(22-20(25)24(17)13(3)14(4)29-19)23-30(26,27)16-7-5-15(11-21)6-8-16/h5-8,12H,9-11H2,1-4H3,(H,22,23,25). The van der Waals surface area contributed by atoms with Gasteiger partial charge in [-0.1, -0.05) is 41.9 Å². The van der Waals surface area contributed by atoms with Crippen molar-refractivity contribution < 1.29 is 8.42 Å². The van der Waals surface area contributed by atoms with E-state index in [1.54, 1.807) is 47.4 Å². The third kappa shape index (κ3) is 4.92. The summed E-state index contributed by atoms with van der Waals surface area (Å²) in [7, 11) is -3.87. The first-order valence-corrected chi connectivity index (χ1v) is 13.9. The number of hydrogen-bond donors (Lipinski definition) is 1. The lowest BCUT2D eigenvalue weighted by Gasteiger charge is -2.16. The number of thioether (sulfide) groups is 1. The maximum absolute atomic E-state index is 12.9. The van der Waals surface area contributed by atoms with Gasteiger partial charge in [-0.2, -0.15) is 4.98 Å². The van der Waals surface area contributed by atoms with E-state index in [0.29, 0.717) is 16.9 Å². The molecule has 0 amide bonds. The molecular formula is C20H24BrN3O3S3. The maximum Gasteiger partial charge on any atom is 0.354 e. The van der Waals surface area contributed by atoms with Crippen LogP contribution in [0.25, 0.3) is 5.69 Å². The molecule has 0 aromatic heterocycles. The molecule has 2 aliphatic rings. The first-order chi connectivity index (χ1) is 14.1. The van der Waals surface area contributed by atoms with Crippen LogP contribution in [0.2, 0.25) is 0 Å². The number of sulfonamides is 1. The van der Waals surface area contributed by atoms with E-state index in [4.69, 9.17) is 0 Å². The summed E-state index contributed by atoms with van der Waals surface area (Å²) in [5.74, 6) is 1.52. The molecule has 6 nitrogen and oxygen atoms in total. The number of hydrogen-bond acceptors (Lipinski definition) is 6. The summed E-state index contributed by atoms with van der Waals surface area (Å²) in [5.41, 5.74) is 1.80. The Morgan fingerprint density at radius 3 is 2.50 bits per heavy atom. The molecule has 1 N–H and O–H groups in total. The van der Waals surface area contributed by atoms with Crippen molar-refractivity contribution in [1.82, 2.24) is 9.55 Å². The van der Waals surface area contributed by atoms with Crippen LogP contribution >= 0.6 is 39.0 Å². The van der Waals surface area contributed by atoms with Gasteiger partial charge in [-0.05, 0) is 49.6 Å². The third-order valence-corrected chi connectivity index (χ3v) is 9.16. The van der Waals surface area contributed by atoms with Crippen LogP contribution in [0.3, 0.4) is 0 Å². The molecule has 0 bridgehead atoms. The van der Waals surface area contributed by atoms with E-state index in [1.807, 2.05) is 13.8 Å². The van der Waals surface area contributed by atoms with Crippen LogP contribution in [-0.4, -0.2) is 23.7 Å². The Bertz CT molecular complexity index is 1170. The van der Waals surface area contributed by atoms with Crippen LogP contribution in [0.4, 0.5) is 5.82 Å². The van der Waals surface area contributed by atoms with Gasteiger partial charge in [-0.25, -0.2) is 13.2 Å². The normalized spacial score (nSPS) is 12.1. The Kier molecular flexibility index (Phi) is 7.32. The van der Waals surface area contributed by atoms with Crippen LogP contribution in [0.1, 0.15) is 36.4 Å². The van der Waals surface area contributed by atoms with Crippen molar-refractivity contribution in [2.75, 3.05) is 10.5 Å². The van der Waals surface area contributed by atoms with Crippen molar-refractivity contribution in [3.8, 4) is 5.69 Å². The number of fused-ring (bicyclic) bond motifs is 1. The predicted molar refractivity (Wildman–Crippen MR) is 128 cm³/mol. The van der Waals surface area contributed by atoms with Crippen molar-refractivity contribution in [3.05, 3.63) is 50.9 Å². The Morgan fingerprint density at radius 1 is 1.23 bits per heavy atom. The molecule has 0 radical (unpaired) electrons. The van der Waals surface area contributed by atoms with E-state index in [-0.39, 0.29) is 10.7 Å². The summed E-state index contributed by atoms with van der Waals surface area (Å²) in [4.78, 5) is 17.8. The fourth-order valence-electron chi connectivity index (χ4n) is 2.82. The number of nitrogens with one attached hydrogen (secondary N) is 1. The van der Waals surface area contributed by atoms with Gasteiger partial charge in [0.05, 0.1) is 9.10 Å². The number of halogens is 1. The number of aryl methyl sites for hydroxylation is 1. The highest BCUT2D eigenvalue weighted by Gasteiger charge is 2.26. The molecule has 1 aromatic rings. The molecule has 3 rings (SSSR count). The highest BCUT2D eigenvalue weighted by atomic mass is 79.9. The molecule has 1 aromatic carbocycles. The minimum Gasteiger partial charge on any atom is -0.261 e. The van der Waals surface area contributed by atoms with E-state index in [1.165, 1.54) is 4.57 Å². The summed E-state index contributed by atoms with van der Waals surface area (Å²) < 4.78 is 30.8. The fraction of sp³-hybridized carbons (Fsp3) is 0.400. The second kappa shape index (κ2) is 9.42. The quantitative estimate of drug-likeness (QED) is 0.321. The van der Waals surface area contributed by atoms with Gasteiger partial charge in [0.2, 0.25) is 0 Å². The summed E-state index contributed by atoms with van der Waals surface area (Å²) in [6, 6.07) is 6.59. The lowest BCUT2D eigenvalue weighted by atomic mass is 10.2.